The number of nitrogens with zero attached hydrogens (tertiary/aromatic N) is 1. The predicted octanol–water partition coefficient (Wildman–Crippen LogP) is 13.8. The lowest BCUT2D eigenvalue weighted by Crippen LogP contribution is -2.46. The van der Waals surface area contributed by atoms with Crippen LogP contribution in [0.15, 0.2) is 0 Å². The number of phosphoric ester groups is 1. The van der Waals surface area contributed by atoms with Gasteiger partial charge in [0.05, 0.1) is 39.9 Å². The van der Waals surface area contributed by atoms with Gasteiger partial charge in [-0.05, 0) is 12.8 Å². The molecule has 0 aliphatic rings. The van der Waals surface area contributed by atoms with Crippen LogP contribution in [0, 0.1) is 0 Å². The largest absolute Gasteiger partial charge is 0.472 e. The summed E-state index contributed by atoms with van der Waals surface area (Å²) in [6.45, 7) is 4.92. The number of phosphoric acid groups is 1. The molecule has 336 valence electrons. The van der Waals surface area contributed by atoms with Gasteiger partial charge in [0.2, 0.25) is 5.91 Å². The maximum atomic E-state index is 12.9. The summed E-state index contributed by atoms with van der Waals surface area (Å²) in [4.78, 5) is 23.2. The first-order valence-corrected chi connectivity index (χ1v) is 25.9. The Hall–Kier alpha value is -0.500. The molecule has 0 rings (SSSR count). The number of quaternary nitrogens is 1. The molecule has 1 amide bonds. The molecule has 0 spiro atoms. The number of carbonyl (C=O) groups excluding carboxylic acids is 1. The highest BCUT2D eigenvalue weighted by Gasteiger charge is 2.28. The summed E-state index contributed by atoms with van der Waals surface area (Å²) in [6, 6.07) is -0.753. The number of likely N-dealkylation sites (N-methyl/N-ethyl adjacent to an activating group) is 1. The van der Waals surface area contributed by atoms with E-state index in [0.29, 0.717) is 23.9 Å². The number of hydrogen-bond donors (Lipinski definition) is 3. The van der Waals surface area contributed by atoms with Crippen LogP contribution in [0.1, 0.15) is 245 Å². The van der Waals surface area contributed by atoms with Gasteiger partial charge in [0.1, 0.15) is 13.2 Å². The van der Waals surface area contributed by atoms with Crippen LogP contribution in [0.4, 0.5) is 0 Å². The minimum Gasteiger partial charge on any atom is -0.391 e. The summed E-state index contributed by atoms with van der Waals surface area (Å²) in [5.74, 6) is -0.139. The lowest BCUT2D eigenvalue weighted by molar-refractivity contribution is -0.870. The number of aliphatic hydroxyl groups is 1. The summed E-state index contributed by atoms with van der Waals surface area (Å²) >= 11 is 0. The summed E-state index contributed by atoms with van der Waals surface area (Å²) in [7, 11) is 1.63. The highest BCUT2D eigenvalue weighted by atomic mass is 31.2. The first-order valence-electron chi connectivity index (χ1n) is 24.4. The molecular weight excluding hydrogens is 719 g/mol. The normalized spacial score (nSPS) is 14.2. The highest BCUT2D eigenvalue weighted by Crippen LogP contribution is 2.43. The zero-order valence-corrected chi connectivity index (χ0v) is 39.0. The van der Waals surface area contributed by atoms with Crippen molar-refractivity contribution in [2.75, 3.05) is 40.9 Å². The maximum Gasteiger partial charge on any atom is 0.472 e. The van der Waals surface area contributed by atoms with Gasteiger partial charge in [-0.2, -0.15) is 0 Å². The van der Waals surface area contributed by atoms with Crippen LogP contribution in [0.2, 0.25) is 0 Å². The number of aliphatic hydroxyl groups excluding tert-OH is 1. The van der Waals surface area contributed by atoms with Crippen LogP contribution in [0.3, 0.4) is 0 Å². The molecule has 0 bridgehead atoms. The number of carbonyl (C=O) groups is 1. The van der Waals surface area contributed by atoms with Gasteiger partial charge in [-0.25, -0.2) is 4.57 Å². The van der Waals surface area contributed by atoms with Crippen molar-refractivity contribution in [3.8, 4) is 0 Å². The number of hydrogen-bond acceptors (Lipinski definition) is 5. The monoisotopic (exact) mass is 818 g/mol. The summed E-state index contributed by atoms with van der Waals surface area (Å²) in [6.07, 6.45) is 44.1. The molecule has 0 aromatic heterocycles. The van der Waals surface area contributed by atoms with Crippen LogP contribution >= 0.6 is 7.82 Å². The molecule has 3 N–H and O–H groups in total. The Bertz CT molecular complexity index is 885. The molecule has 0 aromatic rings. The van der Waals surface area contributed by atoms with Gasteiger partial charge >= 0.3 is 7.82 Å². The first-order chi connectivity index (χ1) is 27.0. The van der Waals surface area contributed by atoms with E-state index in [1.54, 1.807) is 0 Å². The fourth-order valence-electron chi connectivity index (χ4n) is 7.46. The SMILES string of the molecule is CCCCCCCCCCCCCCCCCCCCCCC(=O)N[C@@H](COP(=O)(O)OCC[N+](C)(C)C)[C@H](O)CCCCCCCCCCCCCCCC. The molecule has 0 aromatic carbocycles. The van der Waals surface area contributed by atoms with Crippen molar-refractivity contribution in [1.29, 1.82) is 0 Å². The number of nitrogens with one attached hydrogen (secondary N) is 1. The molecule has 0 heterocycles. The van der Waals surface area contributed by atoms with Gasteiger partial charge in [0.15, 0.2) is 0 Å². The third kappa shape index (κ3) is 41.7. The van der Waals surface area contributed by atoms with Crippen molar-refractivity contribution in [1.82, 2.24) is 5.32 Å². The van der Waals surface area contributed by atoms with E-state index in [-0.39, 0.29) is 19.1 Å². The Kier molecular flexibility index (Phi) is 39.6. The minimum atomic E-state index is -4.31. The number of unbranched alkanes of at least 4 members (excludes halogenated alkanes) is 32. The van der Waals surface area contributed by atoms with Crippen molar-refractivity contribution >= 4 is 13.7 Å². The molecule has 3 atom stereocenters. The Morgan fingerprint density at radius 2 is 0.857 bits per heavy atom. The Labute approximate surface area is 349 Å². The standard InChI is InChI=1S/C47H97N2O6P/c1-6-8-10-12-14-16-18-20-22-23-24-25-26-27-29-31-33-35-37-39-41-47(51)48-45(44-55-56(52,53)54-43-42-49(3,4)5)46(50)40-38-36-34-32-30-28-21-19-17-15-13-11-9-7-2/h45-46,50H,6-44H2,1-5H3,(H-,48,51,52,53)/p+1/t45-,46+/m0/s1. The van der Waals surface area contributed by atoms with Crippen LogP contribution in [0.5, 0.6) is 0 Å². The third-order valence-electron chi connectivity index (χ3n) is 11.4. The first kappa shape index (κ1) is 55.5. The van der Waals surface area contributed by atoms with Crippen LogP contribution in [-0.4, -0.2) is 73.4 Å². The van der Waals surface area contributed by atoms with Crippen molar-refractivity contribution in [3.05, 3.63) is 0 Å². The molecule has 1 unspecified atom stereocenters. The zero-order chi connectivity index (χ0) is 41.4. The molecule has 0 aliphatic heterocycles. The minimum absolute atomic E-state index is 0.0787. The fraction of sp³-hybridized carbons (Fsp3) is 0.979. The smallest absolute Gasteiger partial charge is 0.391 e. The molecule has 9 heteroatoms. The number of rotatable bonds is 45. The average Bonchev–Trinajstić information content (AvgIpc) is 3.15. The van der Waals surface area contributed by atoms with Crippen molar-refractivity contribution in [2.45, 2.75) is 257 Å². The predicted molar refractivity (Wildman–Crippen MR) is 240 cm³/mol. The molecule has 0 fully saturated rings. The van der Waals surface area contributed by atoms with Crippen molar-refractivity contribution in [2.24, 2.45) is 0 Å². The quantitative estimate of drug-likeness (QED) is 0.0321. The molecule has 56 heavy (non-hydrogen) atoms. The van der Waals surface area contributed by atoms with Crippen molar-refractivity contribution < 1.29 is 32.9 Å². The van der Waals surface area contributed by atoms with Crippen LogP contribution in [0.25, 0.3) is 0 Å². The summed E-state index contributed by atoms with van der Waals surface area (Å²) in [5.41, 5.74) is 0. The molecule has 0 saturated heterocycles. The Morgan fingerprint density at radius 1 is 0.536 bits per heavy atom. The average molecular weight is 818 g/mol. The second-order valence-electron chi connectivity index (χ2n) is 18.2. The second kappa shape index (κ2) is 39.9. The molecule has 8 nitrogen and oxygen atoms in total. The molecule has 0 radical (unpaired) electrons. The molecule has 0 saturated carbocycles. The van der Waals surface area contributed by atoms with E-state index in [1.165, 1.54) is 180 Å². The van der Waals surface area contributed by atoms with E-state index in [0.717, 1.165) is 38.5 Å². The molecular formula is C47H98N2O6P+. The topological polar surface area (TPSA) is 105 Å². The lowest BCUT2D eigenvalue weighted by atomic mass is 10.0. The summed E-state index contributed by atoms with van der Waals surface area (Å²) < 4.78 is 23.7. The van der Waals surface area contributed by atoms with E-state index in [1.807, 2.05) is 21.1 Å². The van der Waals surface area contributed by atoms with Gasteiger partial charge in [-0.3, -0.25) is 13.8 Å². The summed E-state index contributed by atoms with van der Waals surface area (Å²) in [5, 5.41) is 14.0. The van der Waals surface area contributed by atoms with Crippen LogP contribution in [-0.2, 0) is 18.4 Å². The Balaban J connectivity index is 4.23. The third-order valence-corrected chi connectivity index (χ3v) is 12.3. The van der Waals surface area contributed by atoms with Gasteiger partial charge in [0.25, 0.3) is 0 Å². The van der Waals surface area contributed by atoms with E-state index >= 15 is 0 Å². The lowest BCUT2D eigenvalue weighted by Gasteiger charge is -2.26. The Morgan fingerprint density at radius 3 is 1.20 bits per heavy atom. The van der Waals surface area contributed by atoms with Gasteiger partial charge < -0.3 is 19.8 Å². The van der Waals surface area contributed by atoms with Gasteiger partial charge in [0, 0.05) is 6.42 Å². The molecule has 0 aliphatic carbocycles. The fourth-order valence-corrected chi connectivity index (χ4v) is 8.20. The number of amides is 1. The van der Waals surface area contributed by atoms with E-state index in [4.69, 9.17) is 9.05 Å². The maximum absolute atomic E-state index is 12.9. The highest BCUT2D eigenvalue weighted by molar-refractivity contribution is 7.47. The van der Waals surface area contributed by atoms with Crippen LogP contribution < -0.4 is 5.32 Å². The zero-order valence-electron chi connectivity index (χ0n) is 38.2. The second-order valence-corrected chi connectivity index (χ2v) is 19.7. The van der Waals surface area contributed by atoms with E-state index in [2.05, 4.69) is 19.2 Å². The van der Waals surface area contributed by atoms with E-state index in [9.17, 15) is 19.4 Å². The van der Waals surface area contributed by atoms with Gasteiger partial charge in [-0.15, -0.1) is 0 Å². The van der Waals surface area contributed by atoms with E-state index < -0.39 is 20.0 Å². The van der Waals surface area contributed by atoms with Crippen molar-refractivity contribution in [3.63, 3.8) is 0 Å². The van der Waals surface area contributed by atoms with Gasteiger partial charge in [-0.1, -0.05) is 226 Å².